The van der Waals surface area contributed by atoms with E-state index in [1.54, 1.807) is 0 Å². The summed E-state index contributed by atoms with van der Waals surface area (Å²) in [5, 5.41) is 0. The maximum atomic E-state index is 6.35. The fraction of sp³-hybridized carbons (Fsp3) is 0.346. The van der Waals surface area contributed by atoms with E-state index >= 15 is 0 Å². The summed E-state index contributed by atoms with van der Waals surface area (Å²) in [5.74, 6) is 0.955. The zero-order valence-corrected chi connectivity index (χ0v) is 19.2. The Morgan fingerprint density at radius 2 is 1.41 bits per heavy atom. The third-order valence-electron chi connectivity index (χ3n) is 6.19. The Kier molecular flexibility index (Phi) is 6.54. The van der Waals surface area contributed by atoms with E-state index in [9.17, 15) is 0 Å². The number of hydrogen-bond acceptors (Lipinski definition) is 5. The smallest absolute Gasteiger partial charge is 0.473 e. The lowest BCUT2D eigenvalue weighted by Crippen LogP contribution is -2.58. The van der Waals surface area contributed by atoms with Crippen LogP contribution in [0.2, 0.25) is 0 Å². The zero-order chi connectivity index (χ0) is 22.6. The maximum absolute atomic E-state index is 6.35. The van der Waals surface area contributed by atoms with Crippen LogP contribution in [0.1, 0.15) is 38.8 Å². The molecule has 1 saturated heterocycles. The van der Waals surface area contributed by atoms with Crippen LogP contribution in [0.3, 0.4) is 0 Å². The normalized spacial score (nSPS) is 17.1. The van der Waals surface area contributed by atoms with Crippen LogP contribution >= 0.6 is 0 Å². The number of benzene rings is 2. The minimum Gasteiger partial charge on any atom is -0.473 e. The van der Waals surface area contributed by atoms with Gasteiger partial charge in [0.25, 0.3) is 0 Å². The maximum Gasteiger partial charge on any atom is 0.499 e. The number of rotatable bonds is 7. The first-order valence-corrected chi connectivity index (χ1v) is 11.0. The van der Waals surface area contributed by atoms with Gasteiger partial charge in [-0.1, -0.05) is 80.6 Å². The highest BCUT2D eigenvalue weighted by molar-refractivity contribution is 6.62. The molecule has 0 saturated carbocycles. The van der Waals surface area contributed by atoms with E-state index in [0.29, 0.717) is 31.6 Å². The van der Waals surface area contributed by atoms with Gasteiger partial charge < -0.3 is 18.8 Å². The summed E-state index contributed by atoms with van der Waals surface area (Å²) in [6.45, 7) is 9.89. The Bertz CT molecular complexity index is 1020. The van der Waals surface area contributed by atoms with E-state index in [0.717, 1.165) is 16.6 Å². The van der Waals surface area contributed by atoms with Gasteiger partial charge in [0.1, 0.15) is 13.2 Å². The molecular formula is C26H30BNO4. The Morgan fingerprint density at radius 1 is 0.812 bits per heavy atom. The molecule has 1 aliphatic heterocycles. The third-order valence-corrected chi connectivity index (χ3v) is 6.19. The number of ether oxygens (including phenoxy) is 2. The molecule has 2 heterocycles. The molecule has 2 aromatic carbocycles. The van der Waals surface area contributed by atoms with E-state index in [1.807, 2.05) is 72.8 Å². The second-order valence-corrected chi connectivity index (χ2v) is 9.25. The molecule has 0 spiro atoms. The van der Waals surface area contributed by atoms with Gasteiger partial charge in [0, 0.05) is 23.6 Å². The first-order valence-electron chi connectivity index (χ1n) is 11.0. The predicted octanol–water partition coefficient (Wildman–Crippen LogP) is 4.79. The Balaban J connectivity index is 1.56. The van der Waals surface area contributed by atoms with Gasteiger partial charge in [0.2, 0.25) is 11.8 Å². The average Bonchev–Trinajstić information content (AvgIpc) is 2.80. The van der Waals surface area contributed by atoms with Crippen LogP contribution in [-0.2, 0) is 22.5 Å². The fourth-order valence-corrected chi connectivity index (χ4v) is 3.34. The highest BCUT2D eigenvalue weighted by Crippen LogP contribution is 2.38. The molecule has 32 heavy (non-hydrogen) atoms. The molecule has 5 nitrogen and oxygen atoms in total. The molecule has 4 rings (SSSR count). The van der Waals surface area contributed by atoms with Crippen LogP contribution < -0.4 is 14.9 Å². The standard InChI is InChI=1S/C26H30BNO4/c1-25(2)19-31-27(32-26(25,3)4)22-15-16-23(29-17-20-11-7-5-8-12-20)28-24(22)30-18-21-13-9-6-10-14-21/h5-16H,17-19H2,1-4H3. The summed E-state index contributed by atoms with van der Waals surface area (Å²) in [5.41, 5.74) is 2.42. The van der Waals surface area contributed by atoms with Crippen LogP contribution in [0.25, 0.3) is 0 Å². The van der Waals surface area contributed by atoms with Crippen molar-refractivity contribution in [1.82, 2.24) is 4.98 Å². The van der Waals surface area contributed by atoms with E-state index in [4.69, 9.17) is 18.8 Å². The minimum atomic E-state index is -0.556. The van der Waals surface area contributed by atoms with Crippen molar-refractivity contribution in [2.75, 3.05) is 6.61 Å². The highest BCUT2D eigenvalue weighted by Gasteiger charge is 2.48. The lowest BCUT2D eigenvalue weighted by Gasteiger charge is -2.47. The van der Waals surface area contributed by atoms with Gasteiger partial charge in [-0.2, -0.15) is 4.98 Å². The summed E-state index contributed by atoms with van der Waals surface area (Å²) in [6.07, 6.45) is 0. The highest BCUT2D eigenvalue weighted by atomic mass is 16.6. The Hall–Kier alpha value is -2.83. The third kappa shape index (κ3) is 5.14. The van der Waals surface area contributed by atoms with Crippen LogP contribution in [0, 0.1) is 5.41 Å². The number of aromatic nitrogens is 1. The number of hydrogen-bond donors (Lipinski definition) is 0. The van der Waals surface area contributed by atoms with Gasteiger partial charge in [0.05, 0.1) is 5.60 Å². The zero-order valence-electron chi connectivity index (χ0n) is 19.2. The molecule has 3 aromatic rings. The molecule has 1 fully saturated rings. The minimum absolute atomic E-state index is 0.110. The van der Waals surface area contributed by atoms with Gasteiger partial charge in [0.15, 0.2) is 0 Å². The summed E-state index contributed by atoms with van der Waals surface area (Å²) >= 11 is 0. The van der Waals surface area contributed by atoms with Crippen LogP contribution in [0.15, 0.2) is 72.8 Å². The van der Waals surface area contributed by atoms with Crippen LogP contribution in [0.4, 0.5) is 0 Å². The van der Waals surface area contributed by atoms with Gasteiger partial charge in [-0.25, -0.2) is 0 Å². The first kappa shape index (κ1) is 22.4. The second kappa shape index (κ2) is 9.35. The summed E-state index contributed by atoms with van der Waals surface area (Å²) in [6, 6.07) is 23.8. The lowest BCUT2D eigenvalue weighted by atomic mass is 9.69. The molecule has 1 aromatic heterocycles. The van der Waals surface area contributed by atoms with Crippen LogP contribution in [-0.4, -0.2) is 24.3 Å². The van der Waals surface area contributed by atoms with E-state index in [1.165, 1.54) is 0 Å². The van der Waals surface area contributed by atoms with Crippen molar-refractivity contribution in [3.05, 3.63) is 83.9 Å². The summed E-state index contributed by atoms with van der Waals surface area (Å²) in [4.78, 5) is 4.66. The molecule has 0 aliphatic carbocycles. The van der Waals surface area contributed by atoms with Crippen molar-refractivity contribution >= 4 is 12.6 Å². The monoisotopic (exact) mass is 431 g/mol. The molecular weight excluding hydrogens is 401 g/mol. The molecule has 0 N–H and O–H groups in total. The van der Waals surface area contributed by atoms with E-state index in [-0.39, 0.29) is 11.0 Å². The SMILES string of the molecule is CC1(C)COB(c2ccc(OCc3ccccc3)nc2OCc2ccccc2)OC1(C)C. The van der Waals surface area contributed by atoms with E-state index in [2.05, 4.69) is 32.7 Å². The summed E-state index contributed by atoms with van der Waals surface area (Å²) in [7, 11) is -0.556. The molecule has 0 bridgehead atoms. The van der Waals surface area contributed by atoms with Crippen molar-refractivity contribution in [2.45, 2.75) is 46.5 Å². The van der Waals surface area contributed by atoms with Crippen molar-refractivity contribution < 1.29 is 18.8 Å². The Labute approximate surface area is 190 Å². The Morgan fingerprint density at radius 3 is 2.00 bits per heavy atom. The number of pyridine rings is 1. The van der Waals surface area contributed by atoms with Crippen LogP contribution in [0.5, 0.6) is 11.8 Å². The van der Waals surface area contributed by atoms with Gasteiger partial charge in [-0.15, -0.1) is 0 Å². The molecule has 1 aliphatic rings. The molecule has 166 valence electrons. The number of nitrogens with zero attached hydrogens (tertiary/aromatic N) is 1. The quantitative estimate of drug-likeness (QED) is 0.504. The molecule has 6 heteroatoms. The first-order chi connectivity index (χ1) is 15.3. The molecule has 0 amide bonds. The average molecular weight is 431 g/mol. The molecule has 0 radical (unpaired) electrons. The summed E-state index contributed by atoms with van der Waals surface area (Å²) < 4.78 is 24.5. The predicted molar refractivity (Wildman–Crippen MR) is 126 cm³/mol. The molecule has 0 unspecified atom stereocenters. The largest absolute Gasteiger partial charge is 0.499 e. The van der Waals surface area contributed by atoms with Crippen molar-refractivity contribution in [3.63, 3.8) is 0 Å². The fourth-order valence-electron chi connectivity index (χ4n) is 3.34. The topological polar surface area (TPSA) is 49.8 Å². The van der Waals surface area contributed by atoms with Gasteiger partial charge >= 0.3 is 7.12 Å². The van der Waals surface area contributed by atoms with Gasteiger partial charge in [-0.05, 0) is 25.0 Å². The van der Waals surface area contributed by atoms with Crippen molar-refractivity contribution in [2.24, 2.45) is 5.41 Å². The van der Waals surface area contributed by atoms with Gasteiger partial charge in [-0.3, -0.25) is 0 Å². The molecule has 0 atom stereocenters. The van der Waals surface area contributed by atoms with E-state index < -0.39 is 7.12 Å². The van der Waals surface area contributed by atoms with Crippen molar-refractivity contribution in [1.29, 1.82) is 0 Å². The van der Waals surface area contributed by atoms with Crippen molar-refractivity contribution in [3.8, 4) is 11.8 Å². The lowest BCUT2D eigenvalue weighted by molar-refractivity contribution is -0.0938. The second-order valence-electron chi connectivity index (χ2n) is 9.25.